The number of hydrogen-bond donors (Lipinski definition) is 1. The number of nitrogens with one attached hydrogen (secondary N) is 1. The van der Waals surface area contributed by atoms with Gasteiger partial charge in [0, 0.05) is 17.2 Å². The lowest BCUT2D eigenvalue weighted by molar-refractivity contribution is -0.137. The molecule has 0 amide bonds. The SMILES string of the molecule is CNc1cc(Br)cc(C(F)(F)F)c1. The lowest BCUT2D eigenvalue weighted by atomic mass is 10.2. The number of hydrogen-bond acceptors (Lipinski definition) is 1. The van der Waals surface area contributed by atoms with E-state index < -0.39 is 11.7 Å². The van der Waals surface area contributed by atoms with Gasteiger partial charge in [0.1, 0.15) is 0 Å². The summed E-state index contributed by atoms with van der Waals surface area (Å²) < 4.78 is 37.1. The van der Waals surface area contributed by atoms with E-state index in [1.807, 2.05) is 0 Å². The maximum atomic E-state index is 12.2. The summed E-state index contributed by atoms with van der Waals surface area (Å²) in [5, 5.41) is 2.65. The first-order chi connectivity index (χ1) is 5.93. The first-order valence-corrected chi connectivity index (χ1v) is 4.28. The van der Waals surface area contributed by atoms with Crippen LogP contribution in [-0.4, -0.2) is 7.05 Å². The second-order valence-corrected chi connectivity index (χ2v) is 3.39. The predicted octanol–water partition coefficient (Wildman–Crippen LogP) is 3.51. The van der Waals surface area contributed by atoms with Gasteiger partial charge in [-0.05, 0) is 18.2 Å². The van der Waals surface area contributed by atoms with Crippen LogP contribution in [0.3, 0.4) is 0 Å². The molecule has 1 rings (SSSR count). The Morgan fingerprint density at radius 3 is 2.31 bits per heavy atom. The third-order valence-corrected chi connectivity index (χ3v) is 1.97. The van der Waals surface area contributed by atoms with E-state index >= 15 is 0 Å². The van der Waals surface area contributed by atoms with E-state index in [0.29, 0.717) is 10.2 Å². The summed E-state index contributed by atoms with van der Waals surface area (Å²) in [6, 6.07) is 3.68. The van der Waals surface area contributed by atoms with Crippen molar-refractivity contribution in [1.82, 2.24) is 0 Å². The van der Waals surface area contributed by atoms with Crippen LogP contribution in [0.15, 0.2) is 22.7 Å². The van der Waals surface area contributed by atoms with Crippen molar-refractivity contribution >= 4 is 21.6 Å². The van der Waals surface area contributed by atoms with Crippen LogP contribution >= 0.6 is 15.9 Å². The minimum Gasteiger partial charge on any atom is -0.388 e. The molecule has 0 radical (unpaired) electrons. The molecule has 0 bridgehead atoms. The van der Waals surface area contributed by atoms with Crippen LogP contribution in [0.5, 0.6) is 0 Å². The molecular formula is C8H7BrF3N. The summed E-state index contributed by atoms with van der Waals surface area (Å²) in [4.78, 5) is 0. The summed E-state index contributed by atoms with van der Waals surface area (Å²) in [5.41, 5.74) is -0.229. The van der Waals surface area contributed by atoms with Gasteiger partial charge in [0.15, 0.2) is 0 Å². The molecule has 0 aliphatic rings. The van der Waals surface area contributed by atoms with Gasteiger partial charge >= 0.3 is 6.18 Å². The van der Waals surface area contributed by atoms with Gasteiger partial charge < -0.3 is 5.32 Å². The summed E-state index contributed by atoms with van der Waals surface area (Å²) in [5.74, 6) is 0. The summed E-state index contributed by atoms with van der Waals surface area (Å²) >= 11 is 3.01. The van der Waals surface area contributed by atoms with Crippen LogP contribution in [0.25, 0.3) is 0 Å². The Morgan fingerprint density at radius 2 is 1.85 bits per heavy atom. The molecule has 1 aromatic carbocycles. The van der Waals surface area contributed by atoms with Gasteiger partial charge in [-0.1, -0.05) is 15.9 Å². The minimum absolute atomic E-state index is 0.409. The zero-order chi connectivity index (χ0) is 10.1. The van der Waals surface area contributed by atoms with Crippen molar-refractivity contribution in [1.29, 1.82) is 0 Å². The molecule has 0 heterocycles. The fraction of sp³-hybridized carbons (Fsp3) is 0.250. The number of alkyl halides is 3. The molecule has 72 valence electrons. The smallest absolute Gasteiger partial charge is 0.388 e. The quantitative estimate of drug-likeness (QED) is 0.808. The number of rotatable bonds is 1. The highest BCUT2D eigenvalue weighted by atomic mass is 79.9. The molecule has 1 N–H and O–H groups in total. The third-order valence-electron chi connectivity index (χ3n) is 1.51. The van der Waals surface area contributed by atoms with Crippen LogP contribution in [0.2, 0.25) is 0 Å². The maximum Gasteiger partial charge on any atom is 0.416 e. The molecule has 1 aromatic rings. The van der Waals surface area contributed by atoms with Crippen LogP contribution < -0.4 is 5.32 Å². The van der Waals surface area contributed by atoms with Crippen molar-refractivity contribution in [3.63, 3.8) is 0 Å². The van der Waals surface area contributed by atoms with Gasteiger partial charge in [-0.15, -0.1) is 0 Å². The van der Waals surface area contributed by atoms with E-state index in [0.717, 1.165) is 12.1 Å². The molecule has 0 aliphatic heterocycles. The first-order valence-electron chi connectivity index (χ1n) is 3.49. The molecule has 0 saturated carbocycles. The molecule has 0 aliphatic carbocycles. The van der Waals surface area contributed by atoms with E-state index in [4.69, 9.17) is 0 Å². The van der Waals surface area contributed by atoms with Gasteiger partial charge in [-0.25, -0.2) is 0 Å². The molecule has 0 spiro atoms. The van der Waals surface area contributed by atoms with Gasteiger partial charge in [-0.3, -0.25) is 0 Å². The van der Waals surface area contributed by atoms with Crippen molar-refractivity contribution in [2.45, 2.75) is 6.18 Å². The zero-order valence-electron chi connectivity index (χ0n) is 6.74. The van der Waals surface area contributed by atoms with Crippen LogP contribution in [0.4, 0.5) is 18.9 Å². The largest absolute Gasteiger partial charge is 0.416 e. The van der Waals surface area contributed by atoms with Crippen LogP contribution in [0, 0.1) is 0 Å². The Kier molecular flexibility index (Phi) is 2.85. The minimum atomic E-state index is -4.30. The van der Waals surface area contributed by atoms with Gasteiger partial charge in [-0.2, -0.15) is 13.2 Å². The number of halogens is 4. The first kappa shape index (κ1) is 10.4. The Balaban J connectivity index is 3.16. The van der Waals surface area contributed by atoms with E-state index in [1.165, 1.54) is 0 Å². The molecule has 0 aromatic heterocycles. The van der Waals surface area contributed by atoms with E-state index in [-0.39, 0.29) is 0 Å². The second-order valence-electron chi connectivity index (χ2n) is 2.48. The van der Waals surface area contributed by atoms with Crippen molar-refractivity contribution < 1.29 is 13.2 Å². The highest BCUT2D eigenvalue weighted by Crippen LogP contribution is 2.33. The van der Waals surface area contributed by atoms with Crippen molar-refractivity contribution in [3.8, 4) is 0 Å². The third kappa shape index (κ3) is 2.62. The fourth-order valence-corrected chi connectivity index (χ4v) is 1.39. The zero-order valence-corrected chi connectivity index (χ0v) is 8.33. The van der Waals surface area contributed by atoms with E-state index in [1.54, 1.807) is 13.1 Å². The molecule has 0 fully saturated rings. The molecule has 13 heavy (non-hydrogen) atoms. The van der Waals surface area contributed by atoms with Crippen molar-refractivity contribution in [2.24, 2.45) is 0 Å². The molecule has 1 nitrogen and oxygen atoms in total. The summed E-state index contributed by atoms with van der Waals surface area (Å²) in [6.07, 6.45) is -4.30. The second kappa shape index (κ2) is 3.57. The lowest BCUT2D eigenvalue weighted by Gasteiger charge is -2.09. The van der Waals surface area contributed by atoms with Gasteiger partial charge in [0.25, 0.3) is 0 Å². The molecule has 0 saturated heterocycles. The van der Waals surface area contributed by atoms with Crippen molar-refractivity contribution in [3.05, 3.63) is 28.2 Å². The van der Waals surface area contributed by atoms with E-state index in [2.05, 4.69) is 21.2 Å². The fourth-order valence-electron chi connectivity index (χ4n) is 0.898. The molecule has 0 atom stereocenters. The topological polar surface area (TPSA) is 12.0 Å². The van der Waals surface area contributed by atoms with Crippen molar-refractivity contribution in [2.75, 3.05) is 12.4 Å². The average Bonchev–Trinajstić information content (AvgIpc) is 2.01. The Bertz CT molecular complexity index is 309. The predicted molar refractivity (Wildman–Crippen MR) is 48.7 cm³/mol. The molecule has 5 heteroatoms. The monoisotopic (exact) mass is 253 g/mol. The molecular weight excluding hydrogens is 247 g/mol. The van der Waals surface area contributed by atoms with Gasteiger partial charge in [0.2, 0.25) is 0 Å². The standard InChI is InChI=1S/C8H7BrF3N/c1-13-7-3-5(8(10,11)12)2-6(9)4-7/h2-4,13H,1H3. The lowest BCUT2D eigenvalue weighted by Crippen LogP contribution is -2.05. The average molecular weight is 254 g/mol. The Labute approximate surface area is 82.1 Å². The highest BCUT2D eigenvalue weighted by molar-refractivity contribution is 9.10. The van der Waals surface area contributed by atoms with Crippen LogP contribution in [-0.2, 0) is 6.18 Å². The highest BCUT2D eigenvalue weighted by Gasteiger charge is 2.30. The summed E-state index contributed by atoms with van der Waals surface area (Å²) in [7, 11) is 1.57. The Morgan fingerprint density at radius 1 is 1.23 bits per heavy atom. The van der Waals surface area contributed by atoms with E-state index in [9.17, 15) is 13.2 Å². The number of benzene rings is 1. The maximum absolute atomic E-state index is 12.2. The van der Waals surface area contributed by atoms with Crippen LogP contribution in [0.1, 0.15) is 5.56 Å². The summed E-state index contributed by atoms with van der Waals surface area (Å²) in [6.45, 7) is 0. The molecule has 0 unspecified atom stereocenters. The Hall–Kier alpha value is -0.710. The number of anilines is 1. The van der Waals surface area contributed by atoms with Gasteiger partial charge in [0.05, 0.1) is 5.56 Å². The normalized spacial score (nSPS) is 11.5.